The van der Waals surface area contributed by atoms with Gasteiger partial charge >= 0.3 is 0 Å². The van der Waals surface area contributed by atoms with E-state index in [-0.39, 0.29) is 5.41 Å². The van der Waals surface area contributed by atoms with Crippen LogP contribution in [0.4, 0.5) is 0 Å². The van der Waals surface area contributed by atoms with Gasteiger partial charge in [-0.05, 0) is 44.9 Å². The Morgan fingerprint density at radius 2 is 2.11 bits per heavy atom. The number of hydrogen-bond acceptors (Lipinski definition) is 2. The van der Waals surface area contributed by atoms with Crippen LogP contribution >= 0.6 is 11.6 Å². The fourth-order valence-electron chi connectivity index (χ4n) is 2.43. The molecule has 0 amide bonds. The first kappa shape index (κ1) is 14.9. The van der Waals surface area contributed by atoms with Crippen LogP contribution in [0.5, 0.6) is 0 Å². The minimum atomic E-state index is 0.256. The molecule has 3 nitrogen and oxygen atoms in total. The molecule has 2 rings (SSSR count). The minimum absolute atomic E-state index is 0.256. The van der Waals surface area contributed by atoms with Crippen molar-refractivity contribution in [3.8, 4) is 0 Å². The van der Waals surface area contributed by atoms with Crippen LogP contribution < -0.4 is 5.32 Å². The highest BCUT2D eigenvalue weighted by molar-refractivity contribution is 6.31. The summed E-state index contributed by atoms with van der Waals surface area (Å²) in [4.78, 5) is 0. The van der Waals surface area contributed by atoms with E-state index < -0.39 is 0 Å². The predicted molar refractivity (Wildman–Crippen MR) is 80.8 cm³/mol. The lowest BCUT2D eigenvalue weighted by atomic mass is 9.82. The van der Waals surface area contributed by atoms with Crippen LogP contribution in [0, 0.1) is 12.3 Å². The molecule has 4 heteroatoms. The molecule has 108 valence electrons. The Labute approximate surface area is 121 Å². The average molecular weight is 284 g/mol. The van der Waals surface area contributed by atoms with Crippen LogP contribution in [0.3, 0.4) is 0 Å². The van der Waals surface area contributed by atoms with E-state index in [0.717, 1.165) is 42.7 Å². The third-order valence-electron chi connectivity index (χ3n) is 4.30. The molecule has 0 radical (unpaired) electrons. The van der Waals surface area contributed by atoms with Crippen molar-refractivity contribution in [3.05, 3.63) is 16.4 Å². The highest BCUT2D eigenvalue weighted by Gasteiger charge is 2.29. The van der Waals surface area contributed by atoms with E-state index in [0.29, 0.717) is 0 Å². The zero-order valence-corrected chi connectivity index (χ0v) is 13.3. The summed E-state index contributed by atoms with van der Waals surface area (Å²) in [5, 5.41) is 9.03. The van der Waals surface area contributed by atoms with Crippen LogP contribution in [-0.2, 0) is 13.0 Å². The van der Waals surface area contributed by atoms with E-state index in [4.69, 9.17) is 11.6 Å². The van der Waals surface area contributed by atoms with E-state index in [1.165, 1.54) is 18.5 Å². The first-order valence-electron chi connectivity index (χ1n) is 7.44. The molecular weight excluding hydrogens is 258 g/mol. The molecule has 1 unspecified atom stereocenters. The van der Waals surface area contributed by atoms with Crippen LogP contribution in [0.1, 0.15) is 51.4 Å². The Hall–Kier alpha value is -0.540. The Morgan fingerprint density at radius 3 is 2.63 bits per heavy atom. The van der Waals surface area contributed by atoms with Gasteiger partial charge in [0.15, 0.2) is 0 Å². The van der Waals surface area contributed by atoms with Crippen molar-refractivity contribution < 1.29 is 0 Å². The Balaban J connectivity index is 2.11. The maximum absolute atomic E-state index is 6.43. The van der Waals surface area contributed by atoms with Gasteiger partial charge in [-0.2, -0.15) is 5.10 Å². The minimum Gasteiger partial charge on any atom is -0.313 e. The number of hydrogen-bond donors (Lipinski definition) is 1. The summed E-state index contributed by atoms with van der Waals surface area (Å²) in [6, 6.07) is 0.763. The quantitative estimate of drug-likeness (QED) is 0.829. The van der Waals surface area contributed by atoms with Gasteiger partial charge in [0.1, 0.15) is 0 Å². The van der Waals surface area contributed by atoms with Crippen molar-refractivity contribution in [1.82, 2.24) is 15.1 Å². The number of aryl methyl sites for hydroxylation is 2. The molecule has 0 saturated heterocycles. The van der Waals surface area contributed by atoms with E-state index >= 15 is 0 Å². The molecule has 1 N–H and O–H groups in total. The summed E-state index contributed by atoms with van der Waals surface area (Å²) in [6.07, 6.45) is 4.83. The number of nitrogens with zero attached hydrogens (tertiary/aromatic N) is 2. The molecule has 19 heavy (non-hydrogen) atoms. The molecular formula is C15H26ClN3. The second kappa shape index (κ2) is 5.84. The fourth-order valence-corrected chi connectivity index (χ4v) is 2.63. The van der Waals surface area contributed by atoms with Crippen LogP contribution in [0.2, 0.25) is 5.02 Å². The summed E-state index contributed by atoms with van der Waals surface area (Å²) >= 11 is 6.43. The summed E-state index contributed by atoms with van der Waals surface area (Å²) in [5.74, 6) is 0. The molecule has 1 aliphatic rings. The van der Waals surface area contributed by atoms with E-state index in [9.17, 15) is 0 Å². The summed E-state index contributed by atoms with van der Waals surface area (Å²) < 4.78 is 2.06. The third kappa shape index (κ3) is 3.51. The van der Waals surface area contributed by atoms with Gasteiger partial charge < -0.3 is 5.32 Å². The topological polar surface area (TPSA) is 29.9 Å². The van der Waals surface area contributed by atoms with Crippen molar-refractivity contribution in [1.29, 1.82) is 0 Å². The normalized spacial score (nSPS) is 18.6. The van der Waals surface area contributed by atoms with Gasteiger partial charge in [-0.15, -0.1) is 0 Å². The van der Waals surface area contributed by atoms with Crippen molar-refractivity contribution in [2.75, 3.05) is 6.54 Å². The summed E-state index contributed by atoms with van der Waals surface area (Å²) in [5.41, 5.74) is 2.40. The maximum atomic E-state index is 6.43. The molecule has 1 atom stereocenters. The summed E-state index contributed by atoms with van der Waals surface area (Å²) in [6.45, 7) is 10.7. The second-order valence-electron chi connectivity index (χ2n) is 6.16. The monoisotopic (exact) mass is 283 g/mol. The maximum Gasteiger partial charge on any atom is 0.0847 e. The molecule has 0 aromatic carbocycles. The molecule has 0 spiro atoms. The van der Waals surface area contributed by atoms with Crippen molar-refractivity contribution in [2.24, 2.45) is 5.41 Å². The highest BCUT2D eigenvalue weighted by atomic mass is 35.5. The lowest BCUT2D eigenvalue weighted by Crippen LogP contribution is -2.35. The molecule has 1 aromatic rings. The van der Waals surface area contributed by atoms with Crippen LogP contribution in [-0.4, -0.2) is 22.4 Å². The molecule has 1 saturated carbocycles. The van der Waals surface area contributed by atoms with Crippen molar-refractivity contribution in [3.63, 3.8) is 0 Å². The van der Waals surface area contributed by atoms with Gasteiger partial charge in [0.2, 0.25) is 0 Å². The Bertz CT molecular complexity index is 437. The molecule has 1 aromatic heterocycles. The Morgan fingerprint density at radius 1 is 1.42 bits per heavy atom. The number of rotatable bonds is 7. The smallest absolute Gasteiger partial charge is 0.0847 e. The lowest BCUT2D eigenvalue weighted by Gasteiger charge is -2.29. The molecule has 1 aliphatic carbocycles. The van der Waals surface area contributed by atoms with Gasteiger partial charge in [-0.25, -0.2) is 0 Å². The van der Waals surface area contributed by atoms with Gasteiger partial charge in [0.25, 0.3) is 0 Å². The van der Waals surface area contributed by atoms with Crippen molar-refractivity contribution >= 4 is 11.6 Å². The molecule has 1 fully saturated rings. The van der Waals surface area contributed by atoms with Gasteiger partial charge in [0, 0.05) is 19.1 Å². The van der Waals surface area contributed by atoms with Gasteiger partial charge in [-0.1, -0.05) is 25.4 Å². The number of nitrogens with one attached hydrogen (secondary N) is 1. The van der Waals surface area contributed by atoms with E-state index in [2.05, 4.69) is 35.9 Å². The fraction of sp³-hybridized carbons (Fsp3) is 0.800. The molecule has 0 bridgehead atoms. The zero-order chi connectivity index (χ0) is 14.0. The predicted octanol–water partition coefficient (Wildman–Crippen LogP) is 3.58. The van der Waals surface area contributed by atoms with Crippen molar-refractivity contribution in [2.45, 2.75) is 66.0 Å². The molecule has 0 aliphatic heterocycles. The Kier molecular flexibility index (Phi) is 4.57. The highest BCUT2D eigenvalue weighted by Crippen LogP contribution is 2.32. The third-order valence-corrected chi connectivity index (χ3v) is 4.79. The van der Waals surface area contributed by atoms with E-state index in [1.807, 2.05) is 6.92 Å². The zero-order valence-electron chi connectivity index (χ0n) is 12.6. The van der Waals surface area contributed by atoms with Crippen LogP contribution in [0.25, 0.3) is 0 Å². The summed E-state index contributed by atoms with van der Waals surface area (Å²) in [7, 11) is 0. The largest absolute Gasteiger partial charge is 0.313 e. The first-order chi connectivity index (χ1) is 8.99. The van der Waals surface area contributed by atoms with E-state index in [1.54, 1.807) is 0 Å². The number of halogens is 1. The molecule has 1 heterocycles. The SMILES string of the molecule is CCn1nc(C)c(Cl)c1CC(C)(CC)CNC1CC1. The standard InChI is InChI=1S/C15H26ClN3/c1-5-15(4,10-17-12-7-8-12)9-13-14(16)11(3)18-19(13)6-2/h12,17H,5-10H2,1-4H3. The average Bonchev–Trinajstić information content (AvgIpc) is 3.19. The van der Waals surface area contributed by atoms with Gasteiger partial charge in [0.05, 0.1) is 16.4 Å². The first-order valence-corrected chi connectivity index (χ1v) is 7.82. The number of aromatic nitrogens is 2. The van der Waals surface area contributed by atoms with Crippen LogP contribution in [0.15, 0.2) is 0 Å². The second-order valence-corrected chi connectivity index (χ2v) is 6.54. The van der Waals surface area contributed by atoms with Gasteiger partial charge in [-0.3, -0.25) is 4.68 Å². The lowest BCUT2D eigenvalue weighted by molar-refractivity contribution is 0.281.